The minimum Gasteiger partial charge on any atom is -0.462 e. The van der Waals surface area contributed by atoms with Crippen molar-refractivity contribution < 1.29 is 19.1 Å². The summed E-state index contributed by atoms with van der Waals surface area (Å²) in [5, 5.41) is 0. The molecule has 0 radical (unpaired) electrons. The molecule has 4 atom stereocenters. The van der Waals surface area contributed by atoms with Crippen LogP contribution in [-0.2, 0) is 19.1 Å². The summed E-state index contributed by atoms with van der Waals surface area (Å²) in [4.78, 5) is 23.5. The highest BCUT2D eigenvalue weighted by Gasteiger charge is 2.53. The van der Waals surface area contributed by atoms with Gasteiger partial charge in [-0.3, -0.25) is 4.79 Å². The number of rotatable bonds is 3. The van der Waals surface area contributed by atoms with Crippen LogP contribution in [0.4, 0.5) is 0 Å². The molecule has 0 spiro atoms. The number of carbonyl (C=O) groups excluding carboxylic acids is 2. The van der Waals surface area contributed by atoms with Gasteiger partial charge < -0.3 is 9.47 Å². The second-order valence-corrected chi connectivity index (χ2v) is 6.56. The third kappa shape index (κ3) is 2.28. The highest BCUT2D eigenvalue weighted by molar-refractivity contribution is 5.86. The van der Waals surface area contributed by atoms with Crippen molar-refractivity contribution in [3.05, 3.63) is 12.2 Å². The normalized spacial score (nSPS) is 39.6. The molecule has 2 aliphatic heterocycles. The Kier molecular flexibility index (Phi) is 2.91. The fraction of sp³-hybridized carbons (Fsp3) is 0.733. The van der Waals surface area contributed by atoms with E-state index in [2.05, 4.69) is 6.58 Å². The number of hydrogen-bond acceptors (Lipinski definition) is 4. The Morgan fingerprint density at radius 1 is 1.42 bits per heavy atom. The van der Waals surface area contributed by atoms with Crippen LogP contribution in [0.1, 0.15) is 39.0 Å². The Labute approximate surface area is 113 Å². The number of esters is 2. The average molecular weight is 264 g/mol. The van der Waals surface area contributed by atoms with Crippen LogP contribution in [0.15, 0.2) is 12.2 Å². The summed E-state index contributed by atoms with van der Waals surface area (Å²) in [7, 11) is 0. The van der Waals surface area contributed by atoms with Gasteiger partial charge in [0.1, 0.15) is 6.10 Å². The van der Waals surface area contributed by atoms with E-state index in [9.17, 15) is 9.59 Å². The average Bonchev–Trinajstić information content (AvgIpc) is 2.49. The summed E-state index contributed by atoms with van der Waals surface area (Å²) >= 11 is 0. The van der Waals surface area contributed by atoms with Crippen molar-refractivity contribution in [2.45, 2.75) is 45.1 Å². The molecule has 2 saturated heterocycles. The highest BCUT2D eigenvalue weighted by Crippen LogP contribution is 2.54. The fourth-order valence-electron chi connectivity index (χ4n) is 4.12. The molecule has 2 heterocycles. The van der Waals surface area contributed by atoms with E-state index in [0.717, 1.165) is 32.1 Å². The van der Waals surface area contributed by atoms with E-state index in [4.69, 9.17) is 9.47 Å². The van der Waals surface area contributed by atoms with E-state index in [1.54, 1.807) is 6.92 Å². The van der Waals surface area contributed by atoms with Crippen molar-refractivity contribution in [2.24, 2.45) is 17.3 Å². The number of ether oxygens (including phenoxy) is 2. The number of carbonyl (C=O) groups is 2. The van der Waals surface area contributed by atoms with Gasteiger partial charge in [-0.15, -0.1) is 0 Å². The van der Waals surface area contributed by atoms with E-state index in [0.29, 0.717) is 18.1 Å². The van der Waals surface area contributed by atoms with Crippen molar-refractivity contribution in [2.75, 3.05) is 6.61 Å². The van der Waals surface area contributed by atoms with Crippen LogP contribution < -0.4 is 0 Å². The van der Waals surface area contributed by atoms with Gasteiger partial charge in [-0.2, -0.15) is 0 Å². The van der Waals surface area contributed by atoms with Crippen molar-refractivity contribution in [1.82, 2.24) is 0 Å². The summed E-state index contributed by atoms with van der Waals surface area (Å²) in [5.74, 6) is 0.184. The SMILES string of the molecule is C=C(C)C(=O)OCC12CC3CC(C1)OC(=O)C(C3)C2. The van der Waals surface area contributed by atoms with Crippen molar-refractivity contribution in [1.29, 1.82) is 0 Å². The molecule has 2 aliphatic carbocycles. The van der Waals surface area contributed by atoms with Crippen LogP contribution in [0.5, 0.6) is 0 Å². The first-order valence-electron chi connectivity index (χ1n) is 7.01. The molecule has 0 aromatic rings. The summed E-state index contributed by atoms with van der Waals surface area (Å²) in [6, 6.07) is 0. The van der Waals surface area contributed by atoms with E-state index in [1.165, 1.54) is 0 Å². The van der Waals surface area contributed by atoms with Crippen LogP contribution in [0, 0.1) is 17.3 Å². The van der Waals surface area contributed by atoms with Crippen LogP contribution >= 0.6 is 0 Å². The molecule has 2 saturated carbocycles. The summed E-state index contributed by atoms with van der Waals surface area (Å²) in [6.07, 6.45) is 4.67. The molecule has 4 nitrogen and oxygen atoms in total. The summed E-state index contributed by atoms with van der Waals surface area (Å²) in [5.41, 5.74) is 0.378. The first-order valence-corrected chi connectivity index (χ1v) is 7.01. The van der Waals surface area contributed by atoms with Gasteiger partial charge in [0.2, 0.25) is 0 Å². The molecule has 4 unspecified atom stereocenters. The zero-order valence-electron chi connectivity index (χ0n) is 11.3. The highest BCUT2D eigenvalue weighted by atomic mass is 16.5. The Morgan fingerprint density at radius 3 is 2.95 bits per heavy atom. The number of hydrogen-bond donors (Lipinski definition) is 0. The minimum atomic E-state index is -0.332. The molecule has 4 bridgehead atoms. The molecule has 0 aromatic carbocycles. The van der Waals surface area contributed by atoms with Gasteiger partial charge in [0.25, 0.3) is 0 Å². The van der Waals surface area contributed by atoms with Gasteiger partial charge in [-0.1, -0.05) is 6.58 Å². The largest absolute Gasteiger partial charge is 0.462 e. The second-order valence-electron chi connectivity index (χ2n) is 6.56. The quantitative estimate of drug-likeness (QED) is 0.579. The first-order chi connectivity index (χ1) is 8.97. The van der Waals surface area contributed by atoms with Crippen LogP contribution in [0.2, 0.25) is 0 Å². The van der Waals surface area contributed by atoms with Crippen molar-refractivity contribution in [3.8, 4) is 0 Å². The van der Waals surface area contributed by atoms with Crippen LogP contribution in [0.3, 0.4) is 0 Å². The molecule has 0 amide bonds. The third-order valence-corrected chi connectivity index (χ3v) is 4.75. The molecule has 4 rings (SSSR count). The molecule has 104 valence electrons. The monoisotopic (exact) mass is 264 g/mol. The Morgan fingerprint density at radius 2 is 2.21 bits per heavy atom. The Balaban J connectivity index is 1.75. The first kappa shape index (κ1) is 12.7. The molecule has 19 heavy (non-hydrogen) atoms. The van der Waals surface area contributed by atoms with Crippen molar-refractivity contribution >= 4 is 11.9 Å². The standard InChI is InChI=1S/C15H20O4/c1-9(2)13(16)18-8-15-5-10-3-11(6-15)14(17)19-12(4-10)7-15/h10-12H,1,3-8H2,2H3. The van der Waals surface area contributed by atoms with E-state index < -0.39 is 0 Å². The van der Waals surface area contributed by atoms with Gasteiger partial charge in [0.05, 0.1) is 12.5 Å². The maximum absolute atomic E-state index is 11.9. The van der Waals surface area contributed by atoms with Gasteiger partial charge in [0.15, 0.2) is 0 Å². The Bertz CT molecular complexity index is 441. The van der Waals surface area contributed by atoms with Crippen molar-refractivity contribution in [3.63, 3.8) is 0 Å². The smallest absolute Gasteiger partial charge is 0.333 e. The fourth-order valence-corrected chi connectivity index (χ4v) is 4.12. The molecule has 4 heteroatoms. The molecule has 4 fully saturated rings. The van der Waals surface area contributed by atoms with E-state index >= 15 is 0 Å². The lowest BCUT2D eigenvalue weighted by Crippen LogP contribution is -2.43. The predicted molar refractivity (Wildman–Crippen MR) is 68.2 cm³/mol. The lowest BCUT2D eigenvalue weighted by atomic mass is 9.59. The van der Waals surface area contributed by atoms with Crippen LogP contribution in [0.25, 0.3) is 0 Å². The predicted octanol–water partition coefficient (Wildman–Crippen LogP) is 2.23. The van der Waals surface area contributed by atoms with Crippen LogP contribution in [-0.4, -0.2) is 24.6 Å². The zero-order valence-corrected chi connectivity index (χ0v) is 11.3. The molecular weight excluding hydrogens is 244 g/mol. The zero-order chi connectivity index (χ0) is 13.6. The minimum absolute atomic E-state index is 0.00906. The maximum atomic E-state index is 11.9. The second kappa shape index (κ2) is 4.36. The topological polar surface area (TPSA) is 52.6 Å². The van der Waals surface area contributed by atoms with Gasteiger partial charge >= 0.3 is 11.9 Å². The molecule has 0 aromatic heterocycles. The van der Waals surface area contributed by atoms with Gasteiger partial charge in [-0.05, 0) is 44.9 Å². The lowest BCUT2D eigenvalue weighted by Gasteiger charge is -2.45. The van der Waals surface area contributed by atoms with Gasteiger partial charge in [-0.25, -0.2) is 4.79 Å². The van der Waals surface area contributed by atoms with E-state index in [-0.39, 0.29) is 29.4 Å². The number of fused-ring (bicyclic) bond motifs is 1. The van der Waals surface area contributed by atoms with E-state index in [1.807, 2.05) is 0 Å². The molecule has 4 aliphatic rings. The van der Waals surface area contributed by atoms with Gasteiger partial charge in [0, 0.05) is 11.0 Å². The molecular formula is C15H20O4. The molecule has 0 N–H and O–H groups in total. The summed E-state index contributed by atoms with van der Waals surface area (Å²) in [6.45, 7) is 5.65. The lowest BCUT2D eigenvalue weighted by molar-refractivity contribution is -0.151. The maximum Gasteiger partial charge on any atom is 0.333 e. The Hall–Kier alpha value is -1.32. The summed E-state index contributed by atoms with van der Waals surface area (Å²) < 4.78 is 10.9. The third-order valence-electron chi connectivity index (χ3n) is 4.75.